The molecule has 1 fully saturated rings. The molecule has 1 saturated carbocycles. The van der Waals surface area contributed by atoms with Crippen LogP contribution in [0.3, 0.4) is 0 Å². The zero-order valence-electron chi connectivity index (χ0n) is 13.0. The maximum Gasteiger partial charge on any atom is 0.136 e. The molecule has 1 aliphatic carbocycles. The Morgan fingerprint density at radius 2 is 2.00 bits per heavy atom. The van der Waals surface area contributed by atoms with Gasteiger partial charge in [0.05, 0.1) is 0 Å². The van der Waals surface area contributed by atoms with Crippen LogP contribution >= 0.6 is 0 Å². The van der Waals surface area contributed by atoms with E-state index in [4.69, 9.17) is 4.98 Å². The van der Waals surface area contributed by atoms with Gasteiger partial charge < -0.3 is 10.2 Å². The molecule has 0 bridgehead atoms. The Balaban J connectivity index is 1.64. The van der Waals surface area contributed by atoms with Crippen molar-refractivity contribution >= 4 is 11.6 Å². The third-order valence-electron chi connectivity index (χ3n) is 4.48. The molecule has 2 aromatic rings. The highest BCUT2D eigenvalue weighted by molar-refractivity contribution is 5.52. The molecule has 0 spiro atoms. The van der Waals surface area contributed by atoms with Crippen LogP contribution in [-0.2, 0) is 13.0 Å². The average Bonchev–Trinajstić information content (AvgIpc) is 3.39. The van der Waals surface area contributed by atoms with Gasteiger partial charge >= 0.3 is 0 Å². The van der Waals surface area contributed by atoms with Crippen molar-refractivity contribution in [1.29, 1.82) is 0 Å². The lowest BCUT2D eigenvalue weighted by Crippen LogP contribution is -2.31. The van der Waals surface area contributed by atoms with Crippen molar-refractivity contribution in [1.82, 2.24) is 9.97 Å². The first kappa shape index (κ1) is 13.6. The van der Waals surface area contributed by atoms with Gasteiger partial charge in [-0.25, -0.2) is 9.97 Å². The smallest absolute Gasteiger partial charge is 0.136 e. The number of hydrogen-bond acceptors (Lipinski definition) is 4. The Hall–Kier alpha value is -2.10. The zero-order chi connectivity index (χ0) is 14.9. The number of nitrogens with zero attached hydrogens (tertiary/aromatic N) is 3. The van der Waals surface area contributed by atoms with E-state index in [0.717, 1.165) is 43.5 Å². The molecule has 0 amide bonds. The summed E-state index contributed by atoms with van der Waals surface area (Å²) in [5, 5.41) is 3.35. The van der Waals surface area contributed by atoms with Gasteiger partial charge in [0.2, 0.25) is 0 Å². The molecule has 1 aromatic carbocycles. The van der Waals surface area contributed by atoms with Crippen molar-refractivity contribution in [2.24, 2.45) is 0 Å². The average molecular weight is 294 g/mol. The molecule has 0 atom stereocenters. The van der Waals surface area contributed by atoms with Gasteiger partial charge in [-0.3, -0.25) is 0 Å². The summed E-state index contributed by atoms with van der Waals surface area (Å²) in [6, 6.07) is 10.8. The first-order valence-corrected chi connectivity index (χ1v) is 8.28. The highest BCUT2D eigenvalue weighted by Gasteiger charge is 2.28. The molecule has 0 radical (unpaired) electrons. The molecule has 114 valence electrons. The molecule has 4 rings (SSSR count). The van der Waals surface area contributed by atoms with Crippen LogP contribution in [0.15, 0.2) is 30.3 Å². The number of rotatable bonds is 4. The van der Waals surface area contributed by atoms with Crippen LogP contribution in [0.4, 0.5) is 11.6 Å². The molecule has 2 heterocycles. The lowest BCUT2D eigenvalue weighted by Gasteiger charge is -2.30. The van der Waals surface area contributed by atoms with Gasteiger partial charge in [0.1, 0.15) is 17.5 Å². The van der Waals surface area contributed by atoms with Crippen LogP contribution in [0.2, 0.25) is 0 Å². The van der Waals surface area contributed by atoms with Crippen LogP contribution in [-0.4, -0.2) is 23.1 Å². The van der Waals surface area contributed by atoms with Crippen molar-refractivity contribution in [3.8, 4) is 0 Å². The normalized spacial score (nSPS) is 17.2. The highest BCUT2D eigenvalue weighted by atomic mass is 15.2. The Labute approximate surface area is 131 Å². The van der Waals surface area contributed by atoms with E-state index < -0.39 is 0 Å². The highest BCUT2D eigenvalue weighted by Crippen LogP contribution is 2.39. The third-order valence-corrected chi connectivity index (χ3v) is 4.48. The first-order valence-electron chi connectivity index (χ1n) is 8.28. The molecular weight excluding hydrogens is 272 g/mol. The summed E-state index contributed by atoms with van der Waals surface area (Å²) < 4.78 is 0. The van der Waals surface area contributed by atoms with Crippen LogP contribution < -0.4 is 10.2 Å². The molecule has 4 nitrogen and oxygen atoms in total. The summed E-state index contributed by atoms with van der Waals surface area (Å²) in [6.45, 7) is 4.98. The van der Waals surface area contributed by atoms with E-state index in [0.29, 0.717) is 5.92 Å². The SMILES string of the molecule is CCNc1cc(N2CCc3ccccc3C2)nc(C2CC2)n1. The fraction of sp³-hybridized carbons (Fsp3) is 0.444. The van der Waals surface area contributed by atoms with Crippen molar-refractivity contribution < 1.29 is 0 Å². The van der Waals surface area contributed by atoms with Crippen LogP contribution in [0.1, 0.15) is 42.6 Å². The van der Waals surface area contributed by atoms with Crippen molar-refractivity contribution in [2.45, 2.75) is 38.6 Å². The third kappa shape index (κ3) is 2.65. The summed E-state index contributed by atoms with van der Waals surface area (Å²) in [4.78, 5) is 11.9. The quantitative estimate of drug-likeness (QED) is 0.939. The second kappa shape index (κ2) is 5.59. The van der Waals surface area contributed by atoms with Gasteiger partial charge in [0.15, 0.2) is 0 Å². The van der Waals surface area contributed by atoms with Crippen molar-refractivity contribution in [2.75, 3.05) is 23.3 Å². The number of nitrogens with one attached hydrogen (secondary N) is 1. The molecule has 1 aromatic heterocycles. The van der Waals surface area contributed by atoms with E-state index in [1.165, 1.54) is 24.0 Å². The molecule has 2 aliphatic rings. The van der Waals surface area contributed by atoms with Gasteiger partial charge in [0.25, 0.3) is 0 Å². The number of benzene rings is 1. The Bertz CT molecular complexity index is 679. The predicted octanol–water partition coefficient (Wildman–Crippen LogP) is 3.35. The van der Waals surface area contributed by atoms with E-state index in [2.05, 4.69) is 52.5 Å². The maximum absolute atomic E-state index is 4.85. The lowest BCUT2D eigenvalue weighted by atomic mass is 10.00. The summed E-state index contributed by atoms with van der Waals surface area (Å²) >= 11 is 0. The van der Waals surface area contributed by atoms with Gasteiger partial charge in [0, 0.05) is 31.6 Å². The largest absolute Gasteiger partial charge is 0.370 e. The first-order chi connectivity index (χ1) is 10.8. The Kier molecular flexibility index (Phi) is 3.45. The molecule has 1 N–H and O–H groups in total. The molecule has 0 saturated heterocycles. The summed E-state index contributed by atoms with van der Waals surface area (Å²) in [7, 11) is 0. The van der Waals surface area contributed by atoms with E-state index >= 15 is 0 Å². The minimum absolute atomic E-state index is 0.578. The Morgan fingerprint density at radius 1 is 1.18 bits per heavy atom. The van der Waals surface area contributed by atoms with Crippen molar-refractivity contribution in [3.05, 3.63) is 47.3 Å². The fourth-order valence-corrected chi connectivity index (χ4v) is 3.10. The predicted molar refractivity (Wildman–Crippen MR) is 89.4 cm³/mol. The number of hydrogen-bond donors (Lipinski definition) is 1. The number of anilines is 2. The Morgan fingerprint density at radius 3 is 2.77 bits per heavy atom. The molecule has 4 heteroatoms. The van der Waals surface area contributed by atoms with Gasteiger partial charge in [-0.2, -0.15) is 0 Å². The second-order valence-electron chi connectivity index (χ2n) is 6.21. The summed E-state index contributed by atoms with van der Waals surface area (Å²) in [5.41, 5.74) is 2.90. The minimum Gasteiger partial charge on any atom is -0.370 e. The van der Waals surface area contributed by atoms with E-state index in [1.807, 2.05) is 0 Å². The molecule has 1 aliphatic heterocycles. The standard InChI is InChI=1S/C18H22N4/c1-2-19-16-11-17(21-18(20-16)14-7-8-14)22-10-9-13-5-3-4-6-15(13)12-22/h3-6,11,14H,2,7-10,12H2,1H3,(H,19,20,21). The molecule has 22 heavy (non-hydrogen) atoms. The topological polar surface area (TPSA) is 41.0 Å². The van der Waals surface area contributed by atoms with Crippen LogP contribution in [0.5, 0.6) is 0 Å². The van der Waals surface area contributed by atoms with Crippen LogP contribution in [0.25, 0.3) is 0 Å². The van der Waals surface area contributed by atoms with E-state index in [9.17, 15) is 0 Å². The van der Waals surface area contributed by atoms with Crippen LogP contribution in [0, 0.1) is 0 Å². The zero-order valence-corrected chi connectivity index (χ0v) is 13.0. The number of fused-ring (bicyclic) bond motifs is 1. The van der Waals surface area contributed by atoms with Gasteiger partial charge in [-0.1, -0.05) is 24.3 Å². The van der Waals surface area contributed by atoms with E-state index in [-0.39, 0.29) is 0 Å². The lowest BCUT2D eigenvalue weighted by molar-refractivity contribution is 0.714. The van der Waals surface area contributed by atoms with Gasteiger partial charge in [-0.05, 0) is 37.3 Å². The molecule has 0 unspecified atom stereocenters. The summed E-state index contributed by atoms with van der Waals surface area (Å²) in [5.74, 6) is 3.64. The van der Waals surface area contributed by atoms with E-state index in [1.54, 1.807) is 0 Å². The summed E-state index contributed by atoms with van der Waals surface area (Å²) in [6.07, 6.45) is 3.56. The second-order valence-corrected chi connectivity index (χ2v) is 6.21. The monoisotopic (exact) mass is 294 g/mol. The van der Waals surface area contributed by atoms with Gasteiger partial charge in [-0.15, -0.1) is 0 Å². The minimum atomic E-state index is 0.578. The molecular formula is C18H22N4. The fourth-order valence-electron chi connectivity index (χ4n) is 3.10. The van der Waals surface area contributed by atoms with Crippen molar-refractivity contribution in [3.63, 3.8) is 0 Å². The maximum atomic E-state index is 4.85. The number of aromatic nitrogens is 2.